The van der Waals surface area contributed by atoms with Crippen molar-refractivity contribution in [1.82, 2.24) is 9.97 Å². The molecule has 2 aromatic heterocycles. The van der Waals surface area contributed by atoms with Gasteiger partial charge >= 0.3 is 5.97 Å². The summed E-state index contributed by atoms with van der Waals surface area (Å²) in [5.41, 5.74) is 2.45. The number of nitrogens with zero attached hydrogens (tertiary/aromatic N) is 3. The van der Waals surface area contributed by atoms with Crippen molar-refractivity contribution in [2.24, 2.45) is 0 Å². The maximum Gasteiger partial charge on any atom is 0.354 e. The van der Waals surface area contributed by atoms with E-state index in [2.05, 4.69) is 14.9 Å². The third-order valence-electron chi connectivity index (χ3n) is 4.79. The molecule has 7 heteroatoms. The molecule has 0 saturated carbocycles. The van der Waals surface area contributed by atoms with Gasteiger partial charge in [0.1, 0.15) is 0 Å². The van der Waals surface area contributed by atoms with E-state index in [4.69, 9.17) is 9.47 Å². The van der Waals surface area contributed by atoms with Crippen molar-refractivity contribution in [3.05, 3.63) is 29.7 Å². The number of hydrogen-bond acceptors (Lipinski definition) is 6. The quantitative estimate of drug-likeness (QED) is 0.760. The van der Waals surface area contributed by atoms with E-state index in [0.29, 0.717) is 25.2 Å². The lowest BCUT2D eigenvalue weighted by molar-refractivity contribution is 0.00612. The van der Waals surface area contributed by atoms with Crippen molar-refractivity contribution >= 4 is 22.6 Å². The minimum Gasteiger partial charge on any atom is -0.477 e. The molecule has 0 unspecified atom stereocenters. The number of carboxylic acid groups (broad SMARTS) is 1. The van der Waals surface area contributed by atoms with Gasteiger partial charge in [-0.05, 0) is 30.9 Å². The number of aryl methyl sites for hydroxylation is 1. The second-order valence-electron chi connectivity index (χ2n) is 6.44. The van der Waals surface area contributed by atoms with Gasteiger partial charge in [0, 0.05) is 31.8 Å². The Bertz CT molecular complexity index is 773. The number of pyridine rings is 2. The Morgan fingerprint density at radius 2 is 2.08 bits per heavy atom. The predicted molar refractivity (Wildman–Crippen MR) is 98.9 cm³/mol. The van der Waals surface area contributed by atoms with Gasteiger partial charge in [-0.25, -0.2) is 9.78 Å². The largest absolute Gasteiger partial charge is 0.477 e. The summed E-state index contributed by atoms with van der Waals surface area (Å²) >= 11 is 0. The van der Waals surface area contributed by atoms with Gasteiger partial charge in [0.15, 0.2) is 5.69 Å². The molecule has 0 spiro atoms. The van der Waals surface area contributed by atoms with Crippen molar-refractivity contribution in [3.8, 4) is 0 Å². The number of aromatic carboxylic acids is 1. The highest BCUT2D eigenvalue weighted by Gasteiger charge is 2.23. The van der Waals surface area contributed by atoms with Crippen LogP contribution in [0.15, 0.2) is 18.5 Å². The summed E-state index contributed by atoms with van der Waals surface area (Å²) in [6.07, 6.45) is 6.21. The van der Waals surface area contributed by atoms with Gasteiger partial charge in [-0.3, -0.25) is 4.98 Å². The summed E-state index contributed by atoms with van der Waals surface area (Å²) in [5.74, 6) is -0.989. The molecule has 1 aliphatic rings. The van der Waals surface area contributed by atoms with Crippen LogP contribution in [0.25, 0.3) is 10.9 Å². The third-order valence-corrected chi connectivity index (χ3v) is 4.79. The lowest BCUT2D eigenvalue weighted by Gasteiger charge is -2.33. The van der Waals surface area contributed by atoms with Crippen molar-refractivity contribution in [2.75, 3.05) is 38.3 Å². The van der Waals surface area contributed by atoms with Crippen LogP contribution in [0.5, 0.6) is 0 Å². The minimum absolute atomic E-state index is 0.130. The van der Waals surface area contributed by atoms with Crippen molar-refractivity contribution in [1.29, 1.82) is 0 Å². The minimum atomic E-state index is -0.989. The summed E-state index contributed by atoms with van der Waals surface area (Å²) in [4.78, 5) is 22.6. The molecule has 0 aliphatic carbocycles. The lowest BCUT2D eigenvalue weighted by atomic mass is 10.0. The maximum atomic E-state index is 11.6. The Kier molecular flexibility index (Phi) is 6.00. The Balaban J connectivity index is 1.82. The van der Waals surface area contributed by atoms with E-state index in [1.165, 1.54) is 0 Å². The number of carbonyl (C=O) groups is 1. The van der Waals surface area contributed by atoms with Gasteiger partial charge < -0.3 is 19.5 Å². The van der Waals surface area contributed by atoms with Crippen molar-refractivity contribution in [3.63, 3.8) is 0 Å². The number of fused-ring (bicyclic) bond motifs is 1. The first kappa shape index (κ1) is 18.5. The molecule has 26 heavy (non-hydrogen) atoms. The van der Waals surface area contributed by atoms with E-state index in [-0.39, 0.29) is 11.8 Å². The zero-order valence-corrected chi connectivity index (χ0v) is 15.3. The molecule has 0 aromatic carbocycles. The highest BCUT2D eigenvalue weighted by molar-refractivity contribution is 5.96. The van der Waals surface area contributed by atoms with Gasteiger partial charge in [0.2, 0.25) is 0 Å². The first-order chi connectivity index (χ1) is 12.6. The number of hydrogen-bond donors (Lipinski definition) is 1. The first-order valence-electron chi connectivity index (χ1n) is 9.00. The van der Waals surface area contributed by atoms with E-state index < -0.39 is 5.97 Å². The molecular weight excluding hydrogens is 334 g/mol. The number of aromatic nitrogens is 2. The predicted octanol–water partition coefficient (Wildman–Crippen LogP) is 2.52. The summed E-state index contributed by atoms with van der Waals surface area (Å²) in [6, 6.07) is 1.89. The van der Waals surface area contributed by atoms with Crippen LogP contribution in [0.3, 0.4) is 0 Å². The number of ether oxygens (including phenoxy) is 2. The molecule has 1 fully saturated rings. The SMILES string of the molecule is CCc1cc2cncc(N3CCC(OCCOC)CC3)c2nc1C(=O)O. The Morgan fingerprint density at radius 1 is 1.31 bits per heavy atom. The van der Waals surface area contributed by atoms with Gasteiger partial charge in [-0.2, -0.15) is 0 Å². The van der Waals surface area contributed by atoms with Crippen molar-refractivity contribution < 1.29 is 19.4 Å². The van der Waals surface area contributed by atoms with E-state index in [0.717, 1.165) is 42.6 Å². The van der Waals surface area contributed by atoms with Gasteiger partial charge in [0.25, 0.3) is 0 Å². The van der Waals surface area contributed by atoms with Crippen LogP contribution in [0.1, 0.15) is 35.8 Å². The molecule has 0 amide bonds. The van der Waals surface area contributed by atoms with Gasteiger partial charge in [0.05, 0.1) is 36.7 Å². The van der Waals surface area contributed by atoms with E-state index >= 15 is 0 Å². The molecule has 2 aromatic rings. The van der Waals surface area contributed by atoms with Crippen LogP contribution in [0, 0.1) is 0 Å². The van der Waals surface area contributed by atoms with Crippen LogP contribution >= 0.6 is 0 Å². The lowest BCUT2D eigenvalue weighted by Crippen LogP contribution is -2.37. The molecule has 3 rings (SSSR count). The van der Waals surface area contributed by atoms with E-state index in [1.54, 1.807) is 19.5 Å². The van der Waals surface area contributed by atoms with Crippen molar-refractivity contribution in [2.45, 2.75) is 32.3 Å². The Hall–Kier alpha value is -2.25. The molecule has 0 radical (unpaired) electrons. The van der Waals surface area contributed by atoms with E-state index in [9.17, 15) is 9.90 Å². The summed E-state index contributed by atoms with van der Waals surface area (Å²) < 4.78 is 10.8. The summed E-state index contributed by atoms with van der Waals surface area (Å²) in [6.45, 7) is 4.81. The monoisotopic (exact) mass is 359 g/mol. The molecule has 1 saturated heterocycles. The van der Waals surface area contributed by atoms with E-state index in [1.807, 2.05) is 13.0 Å². The molecule has 3 heterocycles. The molecule has 1 aliphatic heterocycles. The fraction of sp³-hybridized carbons (Fsp3) is 0.526. The molecule has 0 bridgehead atoms. The second kappa shape index (κ2) is 8.42. The van der Waals surface area contributed by atoms with Crippen LogP contribution in [0.2, 0.25) is 0 Å². The van der Waals surface area contributed by atoms with Crippen LogP contribution < -0.4 is 4.90 Å². The Morgan fingerprint density at radius 3 is 2.73 bits per heavy atom. The highest BCUT2D eigenvalue weighted by atomic mass is 16.5. The molecular formula is C19H25N3O4. The molecule has 1 N–H and O–H groups in total. The first-order valence-corrected chi connectivity index (χ1v) is 9.00. The number of carboxylic acids is 1. The molecule has 0 atom stereocenters. The number of methoxy groups -OCH3 is 1. The zero-order chi connectivity index (χ0) is 18.5. The number of piperidine rings is 1. The summed E-state index contributed by atoms with van der Waals surface area (Å²) in [5, 5.41) is 10.4. The number of anilines is 1. The third kappa shape index (κ3) is 3.94. The average molecular weight is 359 g/mol. The fourth-order valence-corrected chi connectivity index (χ4v) is 3.37. The zero-order valence-electron chi connectivity index (χ0n) is 15.3. The van der Waals surface area contributed by atoms with Gasteiger partial charge in [-0.1, -0.05) is 6.92 Å². The fourth-order valence-electron chi connectivity index (χ4n) is 3.37. The van der Waals surface area contributed by atoms with Crippen LogP contribution in [-0.2, 0) is 15.9 Å². The summed E-state index contributed by atoms with van der Waals surface area (Å²) in [7, 11) is 1.67. The smallest absolute Gasteiger partial charge is 0.354 e. The van der Waals surface area contributed by atoms with Gasteiger partial charge in [-0.15, -0.1) is 0 Å². The normalized spacial score (nSPS) is 15.5. The second-order valence-corrected chi connectivity index (χ2v) is 6.44. The number of rotatable bonds is 7. The highest BCUT2D eigenvalue weighted by Crippen LogP contribution is 2.29. The topological polar surface area (TPSA) is 84.8 Å². The standard InChI is InChI=1S/C19H25N3O4/c1-3-13-10-14-11-20-12-16(17(14)21-18(13)19(23)24)22-6-4-15(5-7-22)26-9-8-25-2/h10-12,15H,3-9H2,1-2H3,(H,23,24). The average Bonchev–Trinajstić information content (AvgIpc) is 2.67. The molecule has 7 nitrogen and oxygen atoms in total. The molecule has 140 valence electrons. The Labute approximate surface area is 153 Å². The maximum absolute atomic E-state index is 11.6. The van der Waals surface area contributed by atoms with Crippen LogP contribution in [-0.4, -0.2) is 60.6 Å². The van der Waals surface area contributed by atoms with Crippen LogP contribution in [0.4, 0.5) is 5.69 Å².